The largest absolute Gasteiger partial charge is 0.413 e. The molecule has 21 heavy (non-hydrogen) atoms. The topological polar surface area (TPSA) is 29.5 Å². The van der Waals surface area contributed by atoms with Crippen LogP contribution in [-0.4, -0.2) is 26.1 Å². The Labute approximate surface area is 133 Å². The molecule has 0 amide bonds. The predicted octanol–water partition coefficient (Wildman–Crippen LogP) is 5.29. The molecule has 2 nitrogen and oxygen atoms in total. The van der Waals surface area contributed by atoms with Crippen molar-refractivity contribution in [3.63, 3.8) is 0 Å². The Morgan fingerprint density at radius 1 is 1.24 bits per heavy atom. The molecule has 1 aliphatic carbocycles. The van der Waals surface area contributed by atoms with E-state index in [1.54, 1.807) is 0 Å². The van der Waals surface area contributed by atoms with E-state index in [0.717, 1.165) is 6.42 Å². The summed E-state index contributed by atoms with van der Waals surface area (Å²) in [5.74, 6) is 0. The van der Waals surface area contributed by atoms with Gasteiger partial charge in [-0.2, -0.15) is 0 Å². The van der Waals surface area contributed by atoms with Crippen LogP contribution in [0.1, 0.15) is 66.2 Å². The highest BCUT2D eigenvalue weighted by Gasteiger charge is 2.48. The Kier molecular flexibility index (Phi) is 6.70. The lowest BCUT2D eigenvalue weighted by Gasteiger charge is -2.51. The van der Waals surface area contributed by atoms with Gasteiger partial charge in [-0.25, -0.2) is 0 Å². The molecule has 3 heteroatoms. The van der Waals surface area contributed by atoms with Crippen molar-refractivity contribution in [3.8, 4) is 0 Å². The fourth-order valence-corrected chi connectivity index (χ4v) is 4.52. The van der Waals surface area contributed by atoms with Crippen LogP contribution in [0.2, 0.25) is 18.1 Å². The molecule has 0 saturated heterocycles. The van der Waals surface area contributed by atoms with E-state index in [9.17, 15) is 0 Å². The molecule has 0 heterocycles. The highest BCUT2D eigenvalue weighted by Crippen LogP contribution is 2.52. The molecular weight excluding hydrogens is 276 g/mol. The van der Waals surface area contributed by atoms with E-state index in [0.29, 0.717) is 11.5 Å². The lowest BCUT2D eigenvalue weighted by Crippen LogP contribution is -2.51. The fraction of sp³-hybridized carbons (Fsp3) is 0.889. The normalized spacial score (nSPS) is 20.5. The van der Waals surface area contributed by atoms with Gasteiger partial charge in [0.05, 0.1) is 12.7 Å². The molecule has 124 valence electrons. The molecule has 0 spiro atoms. The monoisotopic (exact) mass is 312 g/mol. The number of hydrogen-bond donors (Lipinski definition) is 1. The smallest absolute Gasteiger partial charge is 0.192 e. The van der Waals surface area contributed by atoms with Crippen molar-refractivity contribution in [1.29, 1.82) is 0 Å². The van der Waals surface area contributed by atoms with Crippen LogP contribution in [0.3, 0.4) is 0 Å². The van der Waals surface area contributed by atoms with Crippen molar-refractivity contribution >= 4 is 8.32 Å². The first-order chi connectivity index (χ1) is 9.68. The molecule has 0 aromatic carbocycles. The van der Waals surface area contributed by atoms with Gasteiger partial charge in [-0.3, -0.25) is 0 Å². The molecule has 0 bridgehead atoms. The average Bonchev–Trinajstić information content (AvgIpc) is 2.31. The number of aliphatic hydroxyl groups is 1. The van der Waals surface area contributed by atoms with Crippen LogP contribution in [-0.2, 0) is 4.43 Å². The third-order valence-electron chi connectivity index (χ3n) is 5.65. The summed E-state index contributed by atoms with van der Waals surface area (Å²) in [5, 5.41) is 9.25. The summed E-state index contributed by atoms with van der Waals surface area (Å²) in [6.45, 7) is 14.1. The average molecular weight is 313 g/mol. The van der Waals surface area contributed by atoms with Gasteiger partial charge >= 0.3 is 0 Å². The zero-order valence-electron chi connectivity index (χ0n) is 15.0. The van der Waals surface area contributed by atoms with Crippen LogP contribution in [0.25, 0.3) is 0 Å². The number of aliphatic hydroxyl groups excluding tert-OH is 1. The molecule has 1 rings (SSSR count). The molecular formula is C18H36O2Si. The SMILES string of the molecule is CCCC1(C(C/C=C/CO)O[Si](C)(C)C(C)(C)C)CCC1. The van der Waals surface area contributed by atoms with Crippen molar-refractivity contribution in [2.24, 2.45) is 5.41 Å². The van der Waals surface area contributed by atoms with Gasteiger partial charge in [0.2, 0.25) is 0 Å². The van der Waals surface area contributed by atoms with E-state index in [2.05, 4.69) is 46.9 Å². The molecule has 0 aromatic rings. The third kappa shape index (κ3) is 4.67. The first kappa shape index (κ1) is 18.9. The Hall–Kier alpha value is -0.123. The second-order valence-corrected chi connectivity index (χ2v) is 13.0. The van der Waals surface area contributed by atoms with Gasteiger partial charge in [0, 0.05) is 0 Å². The maximum atomic E-state index is 9.00. The standard InChI is InChI=1S/C18H36O2Si/c1-7-12-18(13-10-14-18)16(11-8-9-15-19)20-21(5,6)17(2,3)4/h8-9,16,19H,7,10-15H2,1-6H3/b9-8+. The lowest BCUT2D eigenvalue weighted by molar-refractivity contribution is -0.0313. The first-order valence-electron chi connectivity index (χ1n) is 8.62. The van der Waals surface area contributed by atoms with Crippen molar-refractivity contribution in [2.45, 2.75) is 90.5 Å². The van der Waals surface area contributed by atoms with Gasteiger partial charge in [-0.05, 0) is 49.2 Å². The summed E-state index contributed by atoms with van der Waals surface area (Å²) in [6, 6.07) is 0. The molecule has 1 N–H and O–H groups in total. The second-order valence-electron chi connectivity index (χ2n) is 8.22. The highest BCUT2D eigenvalue weighted by atomic mass is 28.4. The van der Waals surface area contributed by atoms with Crippen molar-refractivity contribution in [3.05, 3.63) is 12.2 Å². The first-order valence-corrected chi connectivity index (χ1v) is 11.5. The van der Waals surface area contributed by atoms with Crippen molar-refractivity contribution in [1.82, 2.24) is 0 Å². The fourth-order valence-electron chi connectivity index (χ4n) is 3.11. The minimum Gasteiger partial charge on any atom is -0.413 e. The van der Waals surface area contributed by atoms with E-state index >= 15 is 0 Å². The maximum Gasteiger partial charge on any atom is 0.192 e. The summed E-state index contributed by atoms with van der Waals surface area (Å²) in [6.07, 6.45) is 11.7. The maximum absolute atomic E-state index is 9.00. The van der Waals surface area contributed by atoms with Crippen LogP contribution in [0.5, 0.6) is 0 Å². The number of hydrogen-bond acceptors (Lipinski definition) is 2. The molecule has 1 fully saturated rings. The van der Waals surface area contributed by atoms with E-state index in [4.69, 9.17) is 9.53 Å². The Morgan fingerprint density at radius 2 is 1.86 bits per heavy atom. The second kappa shape index (κ2) is 7.43. The zero-order chi connectivity index (χ0) is 16.1. The van der Waals surface area contributed by atoms with Gasteiger partial charge in [0.1, 0.15) is 0 Å². The van der Waals surface area contributed by atoms with Crippen molar-refractivity contribution in [2.75, 3.05) is 6.61 Å². The quantitative estimate of drug-likeness (QED) is 0.487. The van der Waals surface area contributed by atoms with Crippen LogP contribution < -0.4 is 0 Å². The lowest BCUT2D eigenvalue weighted by atomic mass is 9.62. The van der Waals surface area contributed by atoms with E-state index in [-0.39, 0.29) is 11.6 Å². The van der Waals surface area contributed by atoms with Gasteiger partial charge in [-0.1, -0.05) is 52.7 Å². The van der Waals surface area contributed by atoms with Crippen LogP contribution in [0.15, 0.2) is 12.2 Å². The highest BCUT2D eigenvalue weighted by molar-refractivity contribution is 6.74. The molecule has 1 unspecified atom stereocenters. The van der Waals surface area contributed by atoms with E-state index < -0.39 is 8.32 Å². The van der Waals surface area contributed by atoms with Crippen LogP contribution in [0, 0.1) is 5.41 Å². The van der Waals surface area contributed by atoms with Gasteiger partial charge in [-0.15, -0.1) is 0 Å². The Morgan fingerprint density at radius 3 is 2.24 bits per heavy atom. The summed E-state index contributed by atoms with van der Waals surface area (Å²) in [7, 11) is -1.75. The molecule has 1 atom stereocenters. The Bertz CT molecular complexity index is 338. The summed E-state index contributed by atoms with van der Waals surface area (Å²) in [5.41, 5.74) is 0.393. The minimum atomic E-state index is -1.75. The summed E-state index contributed by atoms with van der Waals surface area (Å²) in [4.78, 5) is 0. The van der Waals surface area contributed by atoms with Gasteiger partial charge < -0.3 is 9.53 Å². The van der Waals surface area contributed by atoms with E-state index in [1.165, 1.54) is 32.1 Å². The van der Waals surface area contributed by atoms with Crippen molar-refractivity contribution < 1.29 is 9.53 Å². The van der Waals surface area contributed by atoms with Crippen LogP contribution in [0.4, 0.5) is 0 Å². The third-order valence-corrected chi connectivity index (χ3v) is 10.1. The molecule has 1 saturated carbocycles. The molecule has 0 aromatic heterocycles. The Balaban J connectivity index is 2.89. The van der Waals surface area contributed by atoms with E-state index in [1.807, 2.05) is 6.08 Å². The number of rotatable bonds is 8. The van der Waals surface area contributed by atoms with Gasteiger partial charge in [0.25, 0.3) is 0 Å². The molecule has 0 radical (unpaired) electrons. The summed E-state index contributed by atoms with van der Waals surface area (Å²) >= 11 is 0. The summed E-state index contributed by atoms with van der Waals surface area (Å²) < 4.78 is 6.81. The molecule has 1 aliphatic rings. The van der Waals surface area contributed by atoms with Crippen LogP contribution >= 0.6 is 0 Å². The zero-order valence-corrected chi connectivity index (χ0v) is 16.0. The van der Waals surface area contributed by atoms with Gasteiger partial charge in [0.15, 0.2) is 8.32 Å². The predicted molar refractivity (Wildman–Crippen MR) is 94.1 cm³/mol. The molecule has 0 aliphatic heterocycles. The minimum absolute atomic E-state index is 0.133.